The largest absolute Gasteiger partial charge is 0.289 e. The second-order valence-electron chi connectivity index (χ2n) is 0.866. The number of rotatable bonds is 0. The van der Waals surface area contributed by atoms with Crippen molar-refractivity contribution in [3.63, 3.8) is 0 Å². The minimum absolute atomic E-state index is 0.523. The lowest BCUT2D eigenvalue weighted by Crippen LogP contribution is -1.49. The Balaban J connectivity index is 3.05. The van der Waals surface area contributed by atoms with Crippen LogP contribution in [0.2, 0.25) is 0 Å². The van der Waals surface area contributed by atoms with Crippen molar-refractivity contribution in [3.8, 4) is 0 Å². The Morgan fingerprint density at radius 1 is 1.83 bits per heavy atom. The van der Waals surface area contributed by atoms with Gasteiger partial charge in [-0.15, -0.1) is 11.3 Å². The lowest BCUT2D eigenvalue weighted by atomic mass is 10.9. The van der Waals surface area contributed by atoms with Gasteiger partial charge >= 0.3 is 0 Å². The first-order chi connectivity index (χ1) is 2.89. The number of hydrogen-bond acceptors (Lipinski definition) is 2. The Morgan fingerprint density at radius 2 is 2.67 bits per heavy atom. The molecule has 0 spiro atoms. The van der Waals surface area contributed by atoms with Crippen molar-refractivity contribution in [2.24, 2.45) is 0 Å². The van der Waals surface area contributed by atoms with Gasteiger partial charge < -0.3 is 0 Å². The second-order valence-corrected chi connectivity index (χ2v) is 1.75. The second kappa shape index (κ2) is 1.26. The molecule has 3 heteroatoms. The number of nitrogens with one attached hydrogen (secondary N) is 1. The first kappa shape index (κ1) is 3.61. The summed E-state index contributed by atoms with van der Waals surface area (Å²) in [5, 5.41) is 0.523. The SMILES string of the molecule is [NH]c1cncs1. The molecule has 0 aromatic carbocycles. The van der Waals surface area contributed by atoms with Gasteiger partial charge in [0, 0.05) is 0 Å². The van der Waals surface area contributed by atoms with Crippen molar-refractivity contribution in [1.82, 2.24) is 10.7 Å². The van der Waals surface area contributed by atoms with Crippen LogP contribution in [0.3, 0.4) is 0 Å². The molecule has 6 heavy (non-hydrogen) atoms. The topological polar surface area (TPSA) is 36.7 Å². The van der Waals surface area contributed by atoms with Crippen LogP contribution in [0.4, 0.5) is 5.00 Å². The summed E-state index contributed by atoms with van der Waals surface area (Å²) in [6, 6.07) is 0. The standard InChI is InChI=1S/C3H3N2S/c4-3-1-5-2-6-3/h1-2,4H. The van der Waals surface area contributed by atoms with Gasteiger partial charge in [0.15, 0.2) is 0 Å². The molecule has 0 saturated carbocycles. The molecule has 0 unspecified atom stereocenters. The molecule has 1 N–H and O–H groups in total. The Kier molecular flexibility index (Phi) is 0.759. The average molecular weight is 99.1 g/mol. The Morgan fingerprint density at radius 3 is 2.83 bits per heavy atom. The van der Waals surface area contributed by atoms with Gasteiger partial charge in [0.05, 0.1) is 11.7 Å². The third-order valence-corrected chi connectivity index (χ3v) is 1.02. The summed E-state index contributed by atoms with van der Waals surface area (Å²) in [6.07, 6.45) is 1.52. The summed E-state index contributed by atoms with van der Waals surface area (Å²) in [7, 11) is 0. The van der Waals surface area contributed by atoms with Crippen molar-refractivity contribution >= 4 is 16.3 Å². The van der Waals surface area contributed by atoms with Crippen LogP contribution in [-0.2, 0) is 0 Å². The molecule has 1 radical (unpaired) electrons. The van der Waals surface area contributed by atoms with Crippen LogP contribution in [0, 0.1) is 0 Å². The molecule has 0 atom stereocenters. The van der Waals surface area contributed by atoms with Gasteiger partial charge in [0.1, 0.15) is 5.00 Å². The Bertz CT molecular complexity index is 112. The first-order valence-corrected chi connectivity index (χ1v) is 2.37. The maximum atomic E-state index is 6.83. The molecule has 0 aliphatic carbocycles. The fourth-order valence-corrected chi connectivity index (χ4v) is 0.573. The van der Waals surface area contributed by atoms with Crippen LogP contribution in [0.5, 0.6) is 0 Å². The summed E-state index contributed by atoms with van der Waals surface area (Å²) >= 11 is 1.33. The van der Waals surface area contributed by atoms with E-state index in [1.165, 1.54) is 17.5 Å². The summed E-state index contributed by atoms with van der Waals surface area (Å²) in [4.78, 5) is 3.65. The lowest BCUT2D eigenvalue weighted by Gasteiger charge is -1.63. The van der Waals surface area contributed by atoms with E-state index in [2.05, 4.69) is 4.98 Å². The van der Waals surface area contributed by atoms with Gasteiger partial charge in [-0.05, 0) is 0 Å². The first-order valence-electron chi connectivity index (χ1n) is 1.49. The third kappa shape index (κ3) is 0.490. The van der Waals surface area contributed by atoms with Gasteiger partial charge in [0.2, 0.25) is 0 Å². The average Bonchev–Trinajstić information content (AvgIpc) is 1.86. The van der Waals surface area contributed by atoms with Crippen molar-refractivity contribution in [1.29, 1.82) is 0 Å². The lowest BCUT2D eigenvalue weighted by molar-refractivity contribution is 1.40. The molecule has 0 aliphatic heterocycles. The van der Waals surface area contributed by atoms with Gasteiger partial charge in [-0.1, -0.05) is 0 Å². The highest BCUT2D eigenvalue weighted by molar-refractivity contribution is 7.13. The fraction of sp³-hybridized carbons (Fsp3) is 0. The van der Waals surface area contributed by atoms with Crippen molar-refractivity contribution < 1.29 is 0 Å². The quantitative estimate of drug-likeness (QED) is 0.479. The van der Waals surface area contributed by atoms with E-state index in [0.29, 0.717) is 5.00 Å². The smallest absolute Gasteiger partial charge is 0.127 e. The third-order valence-electron chi connectivity index (χ3n) is 0.432. The van der Waals surface area contributed by atoms with Crippen LogP contribution >= 0.6 is 11.3 Å². The molecule has 0 aliphatic rings. The van der Waals surface area contributed by atoms with E-state index in [-0.39, 0.29) is 0 Å². The molecule has 1 heterocycles. The molecule has 1 rings (SSSR count). The van der Waals surface area contributed by atoms with E-state index in [4.69, 9.17) is 5.73 Å². The molecular weight excluding hydrogens is 96.1 g/mol. The van der Waals surface area contributed by atoms with Crippen molar-refractivity contribution in [2.45, 2.75) is 0 Å². The molecule has 0 saturated heterocycles. The zero-order valence-electron chi connectivity index (χ0n) is 3.01. The summed E-state index contributed by atoms with van der Waals surface area (Å²) in [5.41, 5.74) is 8.47. The zero-order chi connectivity index (χ0) is 4.41. The maximum Gasteiger partial charge on any atom is 0.127 e. The summed E-state index contributed by atoms with van der Waals surface area (Å²) < 4.78 is 0. The van der Waals surface area contributed by atoms with Crippen LogP contribution < -0.4 is 5.73 Å². The predicted molar refractivity (Wildman–Crippen MR) is 24.9 cm³/mol. The fourth-order valence-electron chi connectivity index (χ4n) is 0.216. The number of thiazole rings is 1. The molecule has 0 fully saturated rings. The summed E-state index contributed by atoms with van der Waals surface area (Å²) in [6.45, 7) is 0. The minimum Gasteiger partial charge on any atom is -0.289 e. The molecule has 0 amide bonds. The molecule has 1 aromatic rings. The van der Waals surface area contributed by atoms with E-state index < -0.39 is 0 Å². The summed E-state index contributed by atoms with van der Waals surface area (Å²) in [5.74, 6) is 0. The van der Waals surface area contributed by atoms with Crippen LogP contribution in [-0.4, -0.2) is 4.98 Å². The van der Waals surface area contributed by atoms with Crippen molar-refractivity contribution in [2.75, 3.05) is 0 Å². The highest BCUT2D eigenvalue weighted by Gasteiger charge is 1.78. The molecular formula is C3H3N2S. The van der Waals surface area contributed by atoms with E-state index in [9.17, 15) is 0 Å². The highest BCUT2D eigenvalue weighted by atomic mass is 32.1. The Hall–Kier alpha value is -0.570. The van der Waals surface area contributed by atoms with Crippen LogP contribution in [0.15, 0.2) is 11.7 Å². The van der Waals surface area contributed by atoms with Crippen LogP contribution in [0.1, 0.15) is 0 Å². The van der Waals surface area contributed by atoms with Gasteiger partial charge in [-0.3, -0.25) is 10.7 Å². The normalized spacial score (nSPS) is 8.67. The van der Waals surface area contributed by atoms with Crippen molar-refractivity contribution in [3.05, 3.63) is 11.7 Å². The van der Waals surface area contributed by atoms with Gasteiger partial charge in [-0.2, -0.15) is 0 Å². The highest BCUT2D eigenvalue weighted by Crippen LogP contribution is 2.06. The van der Waals surface area contributed by atoms with E-state index >= 15 is 0 Å². The molecule has 1 aromatic heterocycles. The minimum atomic E-state index is 0.523. The number of nitrogens with zero attached hydrogens (tertiary/aromatic N) is 1. The Labute approximate surface area is 39.6 Å². The van der Waals surface area contributed by atoms with E-state index in [1.807, 2.05) is 0 Å². The zero-order valence-corrected chi connectivity index (χ0v) is 3.83. The van der Waals surface area contributed by atoms with E-state index in [1.54, 1.807) is 5.51 Å². The van der Waals surface area contributed by atoms with Gasteiger partial charge in [-0.25, -0.2) is 0 Å². The molecule has 2 nitrogen and oxygen atoms in total. The monoisotopic (exact) mass is 99.0 g/mol. The molecule has 0 bridgehead atoms. The van der Waals surface area contributed by atoms with Gasteiger partial charge in [0.25, 0.3) is 0 Å². The van der Waals surface area contributed by atoms with Crippen LogP contribution in [0.25, 0.3) is 0 Å². The number of hydrogen-bond donors (Lipinski definition) is 0. The number of aromatic nitrogens is 1. The van der Waals surface area contributed by atoms with E-state index in [0.717, 1.165) is 0 Å². The maximum absolute atomic E-state index is 6.83. The molecule has 31 valence electrons. The predicted octanol–water partition coefficient (Wildman–Crippen LogP) is 1.06.